The molecule has 114 valence electrons. The number of rotatable bonds is 6. The number of nitrogens with one attached hydrogen (secondary N) is 2. The molecule has 6 nitrogen and oxygen atoms in total. The fraction of sp³-hybridized carbons (Fsp3) is 0.467. The summed E-state index contributed by atoms with van der Waals surface area (Å²) in [5, 5.41) is 6.20. The zero-order valence-corrected chi connectivity index (χ0v) is 12.1. The van der Waals surface area contributed by atoms with Crippen molar-refractivity contribution in [3.8, 4) is 5.75 Å². The Labute approximate surface area is 124 Å². The third kappa shape index (κ3) is 3.72. The monoisotopic (exact) mass is 291 g/mol. The zero-order valence-electron chi connectivity index (χ0n) is 12.1. The van der Waals surface area contributed by atoms with Crippen molar-refractivity contribution in [2.45, 2.75) is 31.7 Å². The van der Waals surface area contributed by atoms with Crippen LogP contribution in [-0.4, -0.2) is 30.5 Å². The molecule has 1 unspecified atom stereocenters. The van der Waals surface area contributed by atoms with E-state index in [4.69, 9.17) is 10.5 Å². The van der Waals surface area contributed by atoms with E-state index in [1.165, 1.54) is 0 Å². The van der Waals surface area contributed by atoms with Crippen LogP contribution in [0.5, 0.6) is 5.75 Å². The van der Waals surface area contributed by atoms with Crippen LogP contribution < -0.4 is 21.1 Å². The summed E-state index contributed by atoms with van der Waals surface area (Å²) in [4.78, 5) is 23.2. The van der Waals surface area contributed by atoms with Crippen LogP contribution in [0.4, 0.5) is 5.69 Å². The Balaban J connectivity index is 2.03. The first-order chi connectivity index (χ1) is 10.1. The molecule has 1 heterocycles. The second-order valence-electron chi connectivity index (χ2n) is 5.20. The Morgan fingerprint density at radius 3 is 2.90 bits per heavy atom. The van der Waals surface area contributed by atoms with Crippen molar-refractivity contribution in [2.75, 3.05) is 18.5 Å². The molecule has 1 aromatic rings. The maximum Gasteiger partial charge on any atom is 0.255 e. The number of carbonyl (C=O) groups excluding carboxylic acids is 2. The van der Waals surface area contributed by atoms with E-state index < -0.39 is 11.4 Å². The number of primary amides is 1. The molecule has 1 aromatic carbocycles. The molecule has 0 spiro atoms. The highest BCUT2D eigenvalue weighted by atomic mass is 16.5. The fourth-order valence-corrected chi connectivity index (χ4v) is 2.53. The summed E-state index contributed by atoms with van der Waals surface area (Å²) in [5.74, 6) is -0.0735. The molecular weight excluding hydrogens is 270 g/mol. The van der Waals surface area contributed by atoms with E-state index in [1.807, 2.05) is 6.92 Å². The van der Waals surface area contributed by atoms with Crippen LogP contribution in [0.1, 0.15) is 26.2 Å². The molecule has 2 rings (SSSR count). The summed E-state index contributed by atoms with van der Waals surface area (Å²) >= 11 is 0. The smallest absolute Gasteiger partial charge is 0.255 e. The van der Waals surface area contributed by atoms with Gasteiger partial charge in [-0.1, -0.05) is 13.0 Å². The second kappa shape index (κ2) is 6.58. The average Bonchev–Trinajstić information content (AvgIpc) is 2.96. The van der Waals surface area contributed by atoms with Gasteiger partial charge in [-0.25, -0.2) is 0 Å². The Morgan fingerprint density at radius 2 is 2.29 bits per heavy atom. The molecule has 0 aromatic heterocycles. The quantitative estimate of drug-likeness (QED) is 0.729. The van der Waals surface area contributed by atoms with Gasteiger partial charge in [-0.15, -0.1) is 0 Å². The van der Waals surface area contributed by atoms with Gasteiger partial charge in [-0.2, -0.15) is 0 Å². The predicted octanol–water partition coefficient (Wildman–Crippen LogP) is 1.02. The van der Waals surface area contributed by atoms with Crippen LogP contribution in [0.3, 0.4) is 0 Å². The summed E-state index contributed by atoms with van der Waals surface area (Å²) in [6.45, 7) is 2.69. The van der Waals surface area contributed by atoms with E-state index in [9.17, 15) is 9.59 Å². The molecule has 4 N–H and O–H groups in total. The van der Waals surface area contributed by atoms with Gasteiger partial charge in [-0.05, 0) is 37.9 Å². The molecule has 6 heteroatoms. The Hall–Kier alpha value is -2.08. The van der Waals surface area contributed by atoms with E-state index in [1.54, 1.807) is 24.3 Å². The van der Waals surface area contributed by atoms with Crippen LogP contribution in [0, 0.1) is 0 Å². The number of hydrogen-bond donors (Lipinski definition) is 3. The van der Waals surface area contributed by atoms with Crippen LogP contribution in [0.25, 0.3) is 0 Å². The molecule has 0 aliphatic carbocycles. The molecular formula is C15H21N3O3. The summed E-state index contributed by atoms with van der Waals surface area (Å²) in [6.07, 6.45) is 2.59. The lowest BCUT2D eigenvalue weighted by Gasteiger charge is -2.26. The molecule has 21 heavy (non-hydrogen) atoms. The van der Waals surface area contributed by atoms with Crippen LogP contribution in [0.2, 0.25) is 0 Å². The SMILES string of the molecule is CCC1(C(=O)Nc2cccc(OCC(N)=O)c2)CCCN1. The summed E-state index contributed by atoms with van der Waals surface area (Å²) in [7, 11) is 0. The van der Waals surface area contributed by atoms with Gasteiger partial charge in [0.05, 0.1) is 5.54 Å². The van der Waals surface area contributed by atoms with E-state index in [-0.39, 0.29) is 12.5 Å². The molecule has 0 bridgehead atoms. The first-order valence-corrected chi connectivity index (χ1v) is 7.13. The van der Waals surface area contributed by atoms with Crippen molar-refractivity contribution in [3.05, 3.63) is 24.3 Å². The highest BCUT2D eigenvalue weighted by Gasteiger charge is 2.39. The Bertz CT molecular complexity index is 525. The normalized spacial score (nSPS) is 21.0. The fourth-order valence-electron chi connectivity index (χ4n) is 2.53. The van der Waals surface area contributed by atoms with Gasteiger partial charge in [-0.3, -0.25) is 9.59 Å². The van der Waals surface area contributed by atoms with Crippen LogP contribution in [0.15, 0.2) is 24.3 Å². The van der Waals surface area contributed by atoms with E-state index in [0.29, 0.717) is 11.4 Å². The van der Waals surface area contributed by atoms with Crippen LogP contribution in [-0.2, 0) is 9.59 Å². The van der Waals surface area contributed by atoms with Crippen molar-refractivity contribution in [1.29, 1.82) is 0 Å². The number of anilines is 1. The van der Waals surface area contributed by atoms with Gasteiger partial charge in [0.2, 0.25) is 5.91 Å². The third-order valence-electron chi connectivity index (χ3n) is 3.75. The minimum Gasteiger partial charge on any atom is -0.484 e. The van der Waals surface area contributed by atoms with Gasteiger partial charge in [0.25, 0.3) is 5.91 Å². The topological polar surface area (TPSA) is 93.4 Å². The van der Waals surface area contributed by atoms with Gasteiger partial charge in [0.15, 0.2) is 6.61 Å². The minimum absolute atomic E-state index is 0.0328. The minimum atomic E-state index is -0.537. The van der Waals surface area contributed by atoms with E-state index in [0.717, 1.165) is 25.8 Å². The Kier molecular flexibility index (Phi) is 4.80. The highest BCUT2D eigenvalue weighted by molar-refractivity contribution is 5.98. The molecule has 0 radical (unpaired) electrons. The van der Waals surface area contributed by atoms with E-state index >= 15 is 0 Å². The predicted molar refractivity (Wildman–Crippen MR) is 80.0 cm³/mol. The highest BCUT2D eigenvalue weighted by Crippen LogP contribution is 2.25. The summed E-state index contributed by atoms with van der Waals surface area (Å²) in [6, 6.07) is 6.93. The molecule has 2 amide bonds. The lowest BCUT2D eigenvalue weighted by molar-refractivity contribution is -0.122. The molecule has 1 fully saturated rings. The van der Waals surface area contributed by atoms with E-state index in [2.05, 4.69) is 10.6 Å². The lowest BCUT2D eigenvalue weighted by atomic mass is 9.93. The average molecular weight is 291 g/mol. The van der Waals surface area contributed by atoms with Gasteiger partial charge in [0, 0.05) is 11.8 Å². The lowest BCUT2D eigenvalue weighted by Crippen LogP contribution is -2.50. The maximum atomic E-state index is 12.5. The summed E-state index contributed by atoms with van der Waals surface area (Å²) < 4.78 is 5.23. The summed E-state index contributed by atoms with van der Waals surface area (Å²) in [5.41, 5.74) is 5.20. The van der Waals surface area contributed by atoms with Crippen LogP contribution >= 0.6 is 0 Å². The van der Waals surface area contributed by atoms with Crippen molar-refractivity contribution < 1.29 is 14.3 Å². The number of nitrogens with two attached hydrogens (primary N) is 1. The second-order valence-corrected chi connectivity index (χ2v) is 5.20. The molecule has 1 saturated heterocycles. The third-order valence-corrected chi connectivity index (χ3v) is 3.75. The number of benzene rings is 1. The number of ether oxygens (including phenoxy) is 1. The number of hydrogen-bond acceptors (Lipinski definition) is 4. The van der Waals surface area contributed by atoms with Gasteiger partial charge < -0.3 is 21.1 Å². The molecule has 1 aliphatic heterocycles. The van der Waals surface area contributed by atoms with Crippen molar-refractivity contribution in [2.24, 2.45) is 5.73 Å². The zero-order chi connectivity index (χ0) is 15.3. The van der Waals surface area contributed by atoms with Gasteiger partial charge >= 0.3 is 0 Å². The maximum absolute atomic E-state index is 12.5. The first kappa shape index (κ1) is 15.3. The standard InChI is InChI=1S/C15H21N3O3/c1-2-15(7-4-8-17-15)14(20)18-11-5-3-6-12(9-11)21-10-13(16)19/h3,5-6,9,17H,2,4,7-8,10H2,1H3,(H2,16,19)(H,18,20). The van der Waals surface area contributed by atoms with Crippen molar-refractivity contribution >= 4 is 17.5 Å². The number of carbonyl (C=O) groups is 2. The molecule has 1 aliphatic rings. The van der Waals surface area contributed by atoms with Gasteiger partial charge in [0.1, 0.15) is 5.75 Å². The van der Waals surface area contributed by atoms with Crippen molar-refractivity contribution in [3.63, 3.8) is 0 Å². The first-order valence-electron chi connectivity index (χ1n) is 7.13. The molecule has 1 atom stereocenters. The largest absolute Gasteiger partial charge is 0.484 e. The molecule has 0 saturated carbocycles. The van der Waals surface area contributed by atoms with Crippen molar-refractivity contribution in [1.82, 2.24) is 5.32 Å². The Morgan fingerprint density at radius 1 is 1.48 bits per heavy atom. The number of amides is 2.